The molecule has 0 saturated heterocycles. The summed E-state index contributed by atoms with van der Waals surface area (Å²) in [5.41, 5.74) is 1.56. The number of carbonyl (C=O) groups excluding carboxylic acids is 1. The van der Waals surface area contributed by atoms with Crippen molar-refractivity contribution >= 4 is 11.8 Å². The summed E-state index contributed by atoms with van der Waals surface area (Å²) in [5, 5.41) is 12.4. The number of unbranched alkanes of at least 4 members (excludes halogenated alkanes) is 2. The SMILES string of the molecule is CCCCCC(=O)c1ccc(CN[C@H]2CC[C@@H](C(=O)O)C2)cn1. The van der Waals surface area contributed by atoms with Gasteiger partial charge in [-0.1, -0.05) is 25.8 Å². The van der Waals surface area contributed by atoms with E-state index in [-0.39, 0.29) is 17.7 Å². The number of rotatable bonds is 9. The van der Waals surface area contributed by atoms with Crippen molar-refractivity contribution in [2.75, 3.05) is 0 Å². The summed E-state index contributed by atoms with van der Waals surface area (Å²) in [6.07, 6.45) is 7.75. The van der Waals surface area contributed by atoms with Crippen molar-refractivity contribution in [2.45, 2.75) is 64.5 Å². The van der Waals surface area contributed by atoms with Gasteiger partial charge in [-0.25, -0.2) is 0 Å². The Hall–Kier alpha value is -1.75. The van der Waals surface area contributed by atoms with Crippen LogP contribution in [0.3, 0.4) is 0 Å². The van der Waals surface area contributed by atoms with Gasteiger partial charge in [0.15, 0.2) is 5.78 Å². The van der Waals surface area contributed by atoms with Gasteiger partial charge in [-0.15, -0.1) is 0 Å². The Kier molecular flexibility index (Phi) is 6.71. The van der Waals surface area contributed by atoms with Crippen molar-refractivity contribution in [2.24, 2.45) is 5.92 Å². The van der Waals surface area contributed by atoms with E-state index in [1.807, 2.05) is 6.07 Å². The van der Waals surface area contributed by atoms with Gasteiger partial charge in [-0.3, -0.25) is 14.6 Å². The second-order valence-corrected chi connectivity index (χ2v) is 6.36. The Morgan fingerprint density at radius 3 is 2.74 bits per heavy atom. The molecular weight excluding hydrogens is 292 g/mol. The van der Waals surface area contributed by atoms with Gasteiger partial charge in [0.1, 0.15) is 5.69 Å². The molecule has 1 aromatic rings. The average molecular weight is 318 g/mol. The largest absolute Gasteiger partial charge is 0.481 e. The number of Topliss-reactive ketones (excluding diaryl/α,β-unsaturated/α-hetero) is 1. The average Bonchev–Trinajstić information content (AvgIpc) is 3.03. The van der Waals surface area contributed by atoms with Gasteiger partial charge in [0, 0.05) is 25.2 Å². The number of carbonyl (C=O) groups is 2. The molecule has 1 heterocycles. The number of aliphatic carboxylic acids is 1. The van der Waals surface area contributed by atoms with Gasteiger partial charge < -0.3 is 10.4 Å². The summed E-state index contributed by atoms with van der Waals surface area (Å²) in [7, 11) is 0. The molecule has 1 fully saturated rings. The van der Waals surface area contributed by atoms with Crippen molar-refractivity contribution in [1.29, 1.82) is 0 Å². The fourth-order valence-corrected chi connectivity index (χ4v) is 3.01. The summed E-state index contributed by atoms with van der Waals surface area (Å²) >= 11 is 0. The minimum atomic E-state index is -0.693. The number of carboxylic acids is 1. The smallest absolute Gasteiger partial charge is 0.306 e. The number of pyridine rings is 1. The minimum absolute atomic E-state index is 0.109. The van der Waals surface area contributed by atoms with E-state index in [1.165, 1.54) is 0 Å². The maximum absolute atomic E-state index is 12.0. The van der Waals surface area contributed by atoms with Crippen LogP contribution in [0, 0.1) is 5.92 Å². The highest BCUT2D eigenvalue weighted by Gasteiger charge is 2.29. The topological polar surface area (TPSA) is 79.3 Å². The molecule has 0 radical (unpaired) electrons. The third-order valence-corrected chi connectivity index (χ3v) is 4.49. The first kappa shape index (κ1) is 17.6. The van der Waals surface area contributed by atoms with Crippen LogP contribution >= 0.6 is 0 Å². The summed E-state index contributed by atoms with van der Waals surface area (Å²) in [6.45, 7) is 2.78. The third-order valence-electron chi connectivity index (χ3n) is 4.49. The second kappa shape index (κ2) is 8.77. The van der Waals surface area contributed by atoms with Crippen molar-refractivity contribution in [3.05, 3.63) is 29.6 Å². The predicted octanol–water partition coefficient (Wildman–Crippen LogP) is 3.19. The van der Waals surface area contributed by atoms with E-state index in [4.69, 9.17) is 5.11 Å². The zero-order valence-corrected chi connectivity index (χ0v) is 13.8. The van der Waals surface area contributed by atoms with E-state index < -0.39 is 5.97 Å². The molecule has 1 aromatic heterocycles. The minimum Gasteiger partial charge on any atom is -0.481 e. The van der Waals surface area contributed by atoms with Gasteiger partial charge in [0.05, 0.1) is 5.92 Å². The molecule has 1 saturated carbocycles. The molecule has 0 bridgehead atoms. The highest BCUT2D eigenvalue weighted by molar-refractivity contribution is 5.94. The van der Waals surface area contributed by atoms with Crippen molar-refractivity contribution < 1.29 is 14.7 Å². The maximum Gasteiger partial charge on any atom is 0.306 e. The van der Waals surface area contributed by atoms with E-state index in [2.05, 4.69) is 17.2 Å². The monoisotopic (exact) mass is 318 g/mol. The van der Waals surface area contributed by atoms with Crippen LogP contribution in [-0.2, 0) is 11.3 Å². The predicted molar refractivity (Wildman–Crippen MR) is 88.3 cm³/mol. The lowest BCUT2D eigenvalue weighted by molar-refractivity contribution is -0.141. The first-order valence-corrected chi connectivity index (χ1v) is 8.54. The number of ketones is 1. The summed E-state index contributed by atoms with van der Waals surface area (Å²) < 4.78 is 0. The second-order valence-electron chi connectivity index (χ2n) is 6.36. The molecule has 0 amide bonds. The third kappa shape index (κ3) is 5.43. The molecule has 0 spiro atoms. The van der Waals surface area contributed by atoms with E-state index in [0.717, 1.165) is 37.7 Å². The van der Waals surface area contributed by atoms with Crippen LogP contribution in [-0.4, -0.2) is 27.9 Å². The zero-order valence-electron chi connectivity index (χ0n) is 13.8. The lowest BCUT2D eigenvalue weighted by Gasteiger charge is -2.12. The van der Waals surface area contributed by atoms with Crippen LogP contribution in [0.25, 0.3) is 0 Å². The van der Waals surface area contributed by atoms with Crippen LogP contribution in [0.4, 0.5) is 0 Å². The fraction of sp³-hybridized carbons (Fsp3) is 0.611. The number of carboxylic acid groups (broad SMARTS) is 1. The number of hydrogen-bond donors (Lipinski definition) is 2. The number of nitrogens with one attached hydrogen (secondary N) is 1. The zero-order chi connectivity index (χ0) is 16.7. The molecule has 2 atom stereocenters. The van der Waals surface area contributed by atoms with Crippen molar-refractivity contribution in [3.8, 4) is 0 Å². The van der Waals surface area contributed by atoms with E-state index in [0.29, 0.717) is 25.1 Å². The molecule has 5 heteroatoms. The molecule has 2 rings (SSSR count). The molecule has 2 N–H and O–H groups in total. The first-order chi connectivity index (χ1) is 11.1. The van der Waals surface area contributed by atoms with Crippen molar-refractivity contribution in [1.82, 2.24) is 10.3 Å². The van der Waals surface area contributed by atoms with E-state index in [1.54, 1.807) is 12.3 Å². The lowest BCUT2D eigenvalue weighted by atomic mass is 10.1. The van der Waals surface area contributed by atoms with Crippen molar-refractivity contribution in [3.63, 3.8) is 0 Å². The van der Waals surface area contributed by atoms with Crippen LogP contribution in [0.15, 0.2) is 18.3 Å². The summed E-state index contributed by atoms with van der Waals surface area (Å²) in [4.78, 5) is 27.2. The van der Waals surface area contributed by atoms with Crippen LogP contribution in [0.1, 0.15) is 67.9 Å². The highest BCUT2D eigenvalue weighted by Crippen LogP contribution is 2.25. The Morgan fingerprint density at radius 2 is 2.13 bits per heavy atom. The molecular formula is C18H26N2O3. The molecule has 0 aromatic carbocycles. The van der Waals surface area contributed by atoms with E-state index >= 15 is 0 Å². The standard InChI is InChI=1S/C18H26N2O3/c1-2-3-4-5-17(21)16-9-6-13(12-20-16)11-19-15-8-7-14(10-15)18(22)23/h6,9,12,14-15,19H,2-5,7-8,10-11H2,1H3,(H,22,23)/t14-,15+/m1/s1. The van der Waals surface area contributed by atoms with Crippen LogP contribution < -0.4 is 5.32 Å². The molecule has 0 unspecified atom stereocenters. The quantitative estimate of drug-likeness (QED) is 0.540. The maximum atomic E-state index is 12.0. The number of hydrogen-bond acceptors (Lipinski definition) is 4. The molecule has 5 nitrogen and oxygen atoms in total. The van der Waals surface area contributed by atoms with Gasteiger partial charge in [0.2, 0.25) is 0 Å². The van der Waals surface area contributed by atoms with E-state index in [9.17, 15) is 9.59 Å². The van der Waals surface area contributed by atoms with Gasteiger partial charge in [-0.05, 0) is 37.3 Å². The lowest BCUT2D eigenvalue weighted by Crippen LogP contribution is -2.26. The number of aromatic nitrogens is 1. The Balaban J connectivity index is 1.77. The normalized spacial score (nSPS) is 20.6. The molecule has 23 heavy (non-hydrogen) atoms. The summed E-state index contributed by atoms with van der Waals surface area (Å²) in [6, 6.07) is 3.97. The van der Waals surface area contributed by atoms with Crippen LogP contribution in [0.5, 0.6) is 0 Å². The van der Waals surface area contributed by atoms with Crippen LogP contribution in [0.2, 0.25) is 0 Å². The van der Waals surface area contributed by atoms with Gasteiger partial charge >= 0.3 is 5.97 Å². The molecule has 0 aliphatic heterocycles. The Bertz CT molecular complexity index is 528. The van der Waals surface area contributed by atoms with Gasteiger partial charge in [0.25, 0.3) is 0 Å². The molecule has 126 valence electrons. The first-order valence-electron chi connectivity index (χ1n) is 8.54. The molecule has 1 aliphatic rings. The van der Waals surface area contributed by atoms with Gasteiger partial charge in [-0.2, -0.15) is 0 Å². The summed E-state index contributed by atoms with van der Waals surface area (Å²) in [5.74, 6) is -0.797. The fourth-order valence-electron chi connectivity index (χ4n) is 3.01. The Morgan fingerprint density at radius 1 is 1.30 bits per heavy atom. The molecule has 1 aliphatic carbocycles. The Labute approximate surface area is 137 Å². The highest BCUT2D eigenvalue weighted by atomic mass is 16.4. The number of nitrogens with zero attached hydrogens (tertiary/aromatic N) is 1.